The number of carbonyl (C=O) groups excluding carboxylic acids is 2. The highest BCUT2D eigenvalue weighted by Gasteiger charge is 2.61. The number of amides is 1. The van der Waals surface area contributed by atoms with E-state index in [2.05, 4.69) is 12.2 Å². The molecule has 38 heavy (non-hydrogen) atoms. The zero-order valence-electron chi connectivity index (χ0n) is 21.0. The lowest BCUT2D eigenvalue weighted by atomic mass is 9.49. The number of rotatable bonds is 2. The Morgan fingerprint density at radius 1 is 1.00 bits per heavy atom. The molecule has 1 aromatic carbocycles. The summed E-state index contributed by atoms with van der Waals surface area (Å²) in [7, 11) is 0. The van der Waals surface area contributed by atoms with Gasteiger partial charge in [0.2, 0.25) is 5.91 Å². The second kappa shape index (κ2) is 8.96. The van der Waals surface area contributed by atoms with Crippen molar-refractivity contribution in [3.05, 3.63) is 29.3 Å². The molecule has 0 aromatic heterocycles. The van der Waals surface area contributed by atoms with E-state index >= 15 is 0 Å². The summed E-state index contributed by atoms with van der Waals surface area (Å²) in [5.41, 5.74) is -4.47. The van der Waals surface area contributed by atoms with Crippen LogP contribution in [0.1, 0.15) is 63.5 Å². The SMILES string of the molecule is C[C@]12CC[C@H]3[C@@H](CN=C4C(Cl)C(=O)CC[C@@]43C)[C@@H]1CC[C@@H]2C(=O)Nc1c(C(F)(F)F)cccc1C(F)(F)F. The van der Waals surface area contributed by atoms with E-state index in [4.69, 9.17) is 16.6 Å². The average molecular weight is 563 g/mol. The van der Waals surface area contributed by atoms with E-state index in [-0.39, 0.29) is 29.0 Å². The number of para-hydroxylation sites is 1. The van der Waals surface area contributed by atoms with Crippen LogP contribution in [0.25, 0.3) is 0 Å². The normalized spacial score (nSPS) is 37.1. The van der Waals surface area contributed by atoms with Crippen LogP contribution in [0.2, 0.25) is 0 Å². The van der Waals surface area contributed by atoms with Crippen molar-refractivity contribution in [3.8, 4) is 0 Å². The Morgan fingerprint density at radius 3 is 2.24 bits per heavy atom. The van der Waals surface area contributed by atoms with Crippen LogP contribution in [0, 0.1) is 34.5 Å². The summed E-state index contributed by atoms with van der Waals surface area (Å²) in [5.74, 6) is -1.24. The van der Waals surface area contributed by atoms with Crippen molar-refractivity contribution in [2.24, 2.45) is 39.5 Å². The number of nitrogens with one attached hydrogen (secondary N) is 1. The first-order chi connectivity index (χ1) is 17.6. The number of ketones is 1. The minimum absolute atomic E-state index is 0.0306. The first-order valence-electron chi connectivity index (χ1n) is 12.9. The Balaban J connectivity index is 1.44. The van der Waals surface area contributed by atoms with Gasteiger partial charge < -0.3 is 5.32 Å². The highest BCUT2D eigenvalue weighted by Crippen LogP contribution is 2.64. The maximum Gasteiger partial charge on any atom is 0.418 e. The Bertz CT molecular complexity index is 1160. The number of Topliss-reactive ketones (excluding diaryl/α,β-unsaturated/α-hetero) is 1. The van der Waals surface area contributed by atoms with E-state index in [1.165, 1.54) is 0 Å². The molecule has 0 radical (unpaired) electrons. The largest absolute Gasteiger partial charge is 0.418 e. The van der Waals surface area contributed by atoms with Gasteiger partial charge in [0.1, 0.15) is 5.38 Å². The van der Waals surface area contributed by atoms with Gasteiger partial charge in [0.05, 0.1) is 16.8 Å². The highest BCUT2D eigenvalue weighted by molar-refractivity contribution is 6.44. The van der Waals surface area contributed by atoms with E-state index in [9.17, 15) is 35.9 Å². The average Bonchev–Trinajstić information content (AvgIpc) is 3.18. The predicted octanol–water partition coefficient (Wildman–Crippen LogP) is 7.15. The van der Waals surface area contributed by atoms with Crippen molar-refractivity contribution in [1.82, 2.24) is 0 Å². The fourth-order valence-electron chi connectivity index (χ4n) is 8.05. The molecule has 0 bridgehead atoms. The number of aliphatic imine (C=N–C) groups is 1. The standard InChI is InChI=1S/C27H29ClF6N2O2/c1-24-10-8-15-13(12-35-22-20(28)19(37)9-11-25(15,22)2)14(24)6-7-18(24)23(38)36-21-16(26(29,30)31)4-3-5-17(21)27(32,33)34/h3-5,13-15,18,20H,6-12H2,1-2H3,(H,36,38)/t13-,14-,15-,18+,20?,24-,25+/m0/s1. The minimum Gasteiger partial charge on any atom is -0.325 e. The predicted molar refractivity (Wildman–Crippen MR) is 130 cm³/mol. The molecule has 1 N–H and O–H groups in total. The first-order valence-corrected chi connectivity index (χ1v) is 13.3. The molecule has 0 saturated heterocycles. The maximum atomic E-state index is 13.6. The summed E-state index contributed by atoms with van der Waals surface area (Å²) in [5, 5.41) is 1.33. The summed E-state index contributed by atoms with van der Waals surface area (Å²) in [6.45, 7) is 4.48. The fourth-order valence-corrected chi connectivity index (χ4v) is 8.48. The fraction of sp³-hybridized carbons (Fsp3) is 0.667. The van der Waals surface area contributed by atoms with E-state index in [1.807, 2.05) is 6.92 Å². The molecule has 7 atom stereocenters. The van der Waals surface area contributed by atoms with Crippen molar-refractivity contribution < 1.29 is 35.9 Å². The van der Waals surface area contributed by atoms with Crippen molar-refractivity contribution in [2.75, 3.05) is 11.9 Å². The van der Waals surface area contributed by atoms with Crippen molar-refractivity contribution in [3.63, 3.8) is 0 Å². The highest BCUT2D eigenvalue weighted by atomic mass is 35.5. The van der Waals surface area contributed by atoms with E-state index < -0.39 is 51.8 Å². The van der Waals surface area contributed by atoms with Crippen molar-refractivity contribution >= 4 is 34.7 Å². The molecule has 3 saturated carbocycles. The van der Waals surface area contributed by atoms with Gasteiger partial charge in [-0.15, -0.1) is 11.6 Å². The third-order valence-electron chi connectivity index (χ3n) is 9.97. The molecular formula is C27H29ClF6N2O2. The van der Waals surface area contributed by atoms with Crippen LogP contribution in [0.4, 0.5) is 32.0 Å². The van der Waals surface area contributed by atoms with Gasteiger partial charge in [-0.25, -0.2) is 0 Å². The van der Waals surface area contributed by atoms with Gasteiger partial charge in [0, 0.05) is 30.0 Å². The molecule has 3 aliphatic carbocycles. The number of benzene rings is 1. The number of anilines is 1. The lowest BCUT2D eigenvalue weighted by molar-refractivity contribution is -0.142. The lowest BCUT2D eigenvalue weighted by Crippen LogP contribution is -2.57. The minimum atomic E-state index is -5.07. The van der Waals surface area contributed by atoms with Crippen LogP contribution in [0.5, 0.6) is 0 Å². The van der Waals surface area contributed by atoms with Crippen LogP contribution in [0.3, 0.4) is 0 Å². The number of nitrogens with zero attached hydrogens (tertiary/aromatic N) is 1. The maximum absolute atomic E-state index is 13.6. The third-order valence-corrected chi connectivity index (χ3v) is 10.4. The zero-order chi connectivity index (χ0) is 27.8. The molecule has 3 fully saturated rings. The van der Waals surface area contributed by atoms with Gasteiger partial charge in [-0.1, -0.05) is 19.9 Å². The summed E-state index contributed by atoms with van der Waals surface area (Å²) >= 11 is 6.44. The van der Waals surface area contributed by atoms with Gasteiger partial charge >= 0.3 is 12.4 Å². The summed E-state index contributed by atoms with van der Waals surface area (Å²) in [6, 6.07) is 1.79. The molecule has 5 rings (SSSR count). The lowest BCUT2D eigenvalue weighted by Gasteiger charge is -2.57. The van der Waals surface area contributed by atoms with Gasteiger partial charge in [0.15, 0.2) is 5.78 Å². The molecule has 1 aromatic rings. The molecule has 11 heteroatoms. The summed E-state index contributed by atoms with van der Waals surface area (Å²) in [6.07, 6.45) is -6.78. The Morgan fingerprint density at radius 2 is 1.63 bits per heavy atom. The second-order valence-electron chi connectivity index (χ2n) is 11.7. The van der Waals surface area contributed by atoms with Gasteiger partial charge in [-0.3, -0.25) is 14.6 Å². The molecule has 4 nitrogen and oxygen atoms in total. The van der Waals surface area contributed by atoms with Crippen LogP contribution in [-0.2, 0) is 21.9 Å². The number of hydrogen-bond donors (Lipinski definition) is 1. The Labute approximate surface area is 221 Å². The number of alkyl halides is 7. The molecule has 1 aliphatic heterocycles. The van der Waals surface area contributed by atoms with Crippen molar-refractivity contribution in [2.45, 2.75) is 70.1 Å². The van der Waals surface area contributed by atoms with Crippen molar-refractivity contribution in [1.29, 1.82) is 0 Å². The molecule has 1 heterocycles. The van der Waals surface area contributed by atoms with E-state index in [0.717, 1.165) is 12.1 Å². The number of hydrogen-bond acceptors (Lipinski definition) is 3. The van der Waals surface area contributed by atoms with Crippen LogP contribution < -0.4 is 5.32 Å². The Kier molecular flexibility index (Phi) is 6.48. The van der Waals surface area contributed by atoms with Gasteiger partial charge in [-0.2, -0.15) is 26.3 Å². The number of carbonyl (C=O) groups is 2. The van der Waals surface area contributed by atoms with Crippen LogP contribution >= 0.6 is 11.6 Å². The Hall–Kier alpha value is -2.10. The number of fused-ring (bicyclic) bond motifs is 5. The smallest absolute Gasteiger partial charge is 0.325 e. The zero-order valence-corrected chi connectivity index (χ0v) is 21.7. The second-order valence-corrected chi connectivity index (χ2v) is 12.2. The molecule has 4 aliphatic rings. The topological polar surface area (TPSA) is 58.5 Å². The van der Waals surface area contributed by atoms with E-state index in [0.29, 0.717) is 56.8 Å². The molecule has 1 amide bonds. The first kappa shape index (κ1) is 27.5. The van der Waals surface area contributed by atoms with Crippen LogP contribution in [0.15, 0.2) is 23.2 Å². The quantitative estimate of drug-likeness (QED) is 0.307. The molecule has 1 unspecified atom stereocenters. The van der Waals surface area contributed by atoms with Crippen LogP contribution in [-0.4, -0.2) is 29.3 Å². The number of halogens is 7. The molecule has 0 spiro atoms. The van der Waals surface area contributed by atoms with Gasteiger partial charge in [-0.05, 0) is 67.4 Å². The van der Waals surface area contributed by atoms with Gasteiger partial charge in [0.25, 0.3) is 0 Å². The summed E-state index contributed by atoms with van der Waals surface area (Å²) in [4.78, 5) is 30.4. The van der Waals surface area contributed by atoms with E-state index in [1.54, 1.807) is 0 Å². The summed E-state index contributed by atoms with van der Waals surface area (Å²) < 4.78 is 81.8. The monoisotopic (exact) mass is 562 g/mol. The molecular weight excluding hydrogens is 534 g/mol. The molecule has 208 valence electrons. The third kappa shape index (κ3) is 4.16.